The van der Waals surface area contributed by atoms with E-state index in [2.05, 4.69) is 21.0 Å². The van der Waals surface area contributed by atoms with Crippen LogP contribution in [0.3, 0.4) is 0 Å². The zero-order valence-electron chi connectivity index (χ0n) is 22.7. The minimum absolute atomic E-state index is 0.152. The molecule has 40 heavy (non-hydrogen) atoms. The molecule has 0 amide bonds. The minimum atomic E-state index is -3.35. The van der Waals surface area contributed by atoms with E-state index in [0.717, 1.165) is 72.0 Å². The van der Waals surface area contributed by atoms with E-state index >= 15 is 0 Å². The number of rotatable bonds is 7. The van der Waals surface area contributed by atoms with Gasteiger partial charge in [0.1, 0.15) is 17.2 Å². The molecule has 1 aliphatic heterocycles. The molecule has 6 rings (SSSR count). The first kappa shape index (κ1) is 26.7. The van der Waals surface area contributed by atoms with Crippen molar-refractivity contribution in [3.05, 3.63) is 59.8 Å². The van der Waals surface area contributed by atoms with Crippen molar-refractivity contribution < 1.29 is 13.2 Å². The van der Waals surface area contributed by atoms with Crippen LogP contribution in [-0.4, -0.2) is 58.1 Å². The number of hydrogen-bond acceptors (Lipinski definition) is 7. The molecule has 1 saturated carbocycles. The van der Waals surface area contributed by atoms with E-state index in [4.69, 9.17) is 15.0 Å². The van der Waals surface area contributed by atoms with Gasteiger partial charge in [-0.3, -0.25) is 0 Å². The highest BCUT2D eigenvalue weighted by Gasteiger charge is 2.34. The SMILES string of the molecule is Cc1nc(C2CCC(CS(=O)(=O)N3CCCC(COc4ccc(C#N)cc4)C3)CC2)c2c(cnc3[nH]ccc32)n1. The van der Waals surface area contributed by atoms with Gasteiger partial charge in [-0.15, -0.1) is 0 Å². The van der Waals surface area contributed by atoms with Gasteiger partial charge in [0.25, 0.3) is 0 Å². The number of nitriles is 1. The number of nitrogens with one attached hydrogen (secondary N) is 1. The molecule has 1 atom stereocenters. The van der Waals surface area contributed by atoms with Gasteiger partial charge in [0, 0.05) is 41.9 Å². The van der Waals surface area contributed by atoms with Gasteiger partial charge in [0.2, 0.25) is 10.0 Å². The fourth-order valence-electron chi connectivity index (χ4n) is 6.34. The average molecular weight is 559 g/mol. The molecule has 1 aromatic carbocycles. The summed E-state index contributed by atoms with van der Waals surface area (Å²) in [5.74, 6) is 2.24. The summed E-state index contributed by atoms with van der Waals surface area (Å²) in [4.78, 5) is 17.2. The molecule has 9 nitrogen and oxygen atoms in total. The van der Waals surface area contributed by atoms with Crippen molar-refractivity contribution in [1.82, 2.24) is 24.2 Å². The Morgan fingerprint density at radius 2 is 1.88 bits per heavy atom. The first-order chi connectivity index (χ1) is 19.4. The number of pyridine rings is 1. The molecule has 2 fully saturated rings. The third-order valence-electron chi connectivity index (χ3n) is 8.41. The number of aryl methyl sites for hydroxylation is 1. The second-order valence-corrected chi connectivity index (χ2v) is 13.2. The summed E-state index contributed by atoms with van der Waals surface area (Å²) < 4.78 is 34.5. The molecule has 1 unspecified atom stereocenters. The molecule has 2 aliphatic rings. The van der Waals surface area contributed by atoms with Crippen LogP contribution in [-0.2, 0) is 10.0 Å². The lowest BCUT2D eigenvalue weighted by atomic mass is 9.80. The number of hydrogen-bond donors (Lipinski definition) is 1. The highest BCUT2D eigenvalue weighted by molar-refractivity contribution is 7.89. The summed E-state index contributed by atoms with van der Waals surface area (Å²) in [6.07, 6.45) is 9.07. The first-order valence-electron chi connectivity index (χ1n) is 14.1. The zero-order valence-corrected chi connectivity index (χ0v) is 23.5. The average Bonchev–Trinajstić information content (AvgIpc) is 3.45. The van der Waals surface area contributed by atoms with Crippen LogP contribution >= 0.6 is 0 Å². The smallest absolute Gasteiger partial charge is 0.214 e. The van der Waals surface area contributed by atoms with Crippen LogP contribution in [0.25, 0.3) is 21.9 Å². The van der Waals surface area contributed by atoms with E-state index in [1.165, 1.54) is 0 Å². The van der Waals surface area contributed by atoms with Crippen LogP contribution in [0.15, 0.2) is 42.7 Å². The molecule has 0 bridgehead atoms. The number of aromatic nitrogens is 4. The summed E-state index contributed by atoms with van der Waals surface area (Å²) in [5, 5.41) is 11.1. The first-order valence-corrected chi connectivity index (χ1v) is 15.7. The van der Waals surface area contributed by atoms with Crippen LogP contribution in [0.4, 0.5) is 0 Å². The van der Waals surface area contributed by atoms with E-state index in [1.54, 1.807) is 28.6 Å². The summed E-state index contributed by atoms with van der Waals surface area (Å²) in [7, 11) is -3.35. The maximum absolute atomic E-state index is 13.5. The number of sulfonamides is 1. The standard InChI is InChI=1S/C30H34N6O3S/c1-20-34-27-16-33-30-26(12-13-32-30)28(27)29(35-20)24-8-4-22(5-9-24)19-40(37,38)36-14-2-3-23(17-36)18-39-25-10-6-21(15-31)7-11-25/h6-7,10-13,16,22-24H,2-5,8-9,14,17-19H2,1H3,(H,32,33). The fraction of sp³-hybridized carbons (Fsp3) is 0.467. The van der Waals surface area contributed by atoms with E-state index < -0.39 is 10.0 Å². The van der Waals surface area contributed by atoms with Gasteiger partial charge in [-0.25, -0.2) is 27.7 Å². The maximum atomic E-state index is 13.5. The van der Waals surface area contributed by atoms with E-state index in [9.17, 15) is 8.42 Å². The number of H-pyrrole nitrogens is 1. The molecule has 208 valence electrons. The zero-order chi connectivity index (χ0) is 27.7. The van der Waals surface area contributed by atoms with Gasteiger partial charge >= 0.3 is 0 Å². The molecule has 4 aromatic rings. The lowest BCUT2D eigenvalue weighted by Gasteiger charge is -2.34. The summed E-state index contributed by atoms with van der Waals surface area (Å²) in [6.45, 7) is 3.47. The molecular weight excluding hydrogens is 524 g/mol. The summed E-state index contributed by atoms with van der Waals surface area (Å²) in [6, 6.07) is 11.2. The Bertz CT molecular complexity index is 1650. The normalized spacial score (nSPS) is 22.4. The van der Waals surface area contributed by atoms with Crippen molar-refractivity contribution in [2.75, 3.05) is 25.4 Å². The van der Waals surface area contributed by atoms with Crippen molar-refractivity contribution in [2.24, 2.45) is 11.8 Å². The van der Waals surface area contributed by atoms with Gasteiger partial charge in [0.15, 0.2) is 0 Å². The molecular formula is C30H34N6O3S. The largest absolute Gasteiger partial charge is 0.493 e. The highest BCUT2D eigenvalue weighted by Crippen LogP contribution is 2.40. The molecule has 3 aromatic heterocycles. The number of benzene rings is 1. The molecule has 0 spiro atoms. The quantitative estimate of drug-likeness (QED) is 0.335. The second kappa shape index (κ2) is 11.1. The maximum Gasteiger partial charge on any atom is 0.214 e. The third kappa shape index (κ3) is 5.54. The highest BCUT2D eigenvalue weighted by atomic mass is 32.2. The Balaban J connectivity index is 1.07. The lowest BCUT2D eigenvalue weighted by Crippen LogP contribution is -2.43. The number of fused-ring (bicyclic) bond motifs is 3. The Hall–Kier alpha value is -3.55. The number of nitrogens with zero attached hydrogens (tertiary/aromatic N) is 5. The van der Waals surface area contributed by atoms with Crippen molar-refractivity contribution in [2.45, 2.75) is 51.4 Å². The van der Waals surface area contributed by atoms with Crippen LogP contribution < -0.4 is 4.74 Å². The predicted molar refractivity (Wildman–Crippen MR) is 153 cm³/mol. The van der Waals surface area contributed by atoms with E-state index in [1.807, 2.05) is 25.4 Å². The van der Waals surface area contributed by atoms with Crippen LogP contribution in [0.5, 0.6) is 5.75 Å². The number of piperidine rings is 1. The number of aromatic amines is 1. The molecule has 4 heterocycles. The molecule has 1 aliphatic carbocycles. The van der Waals surface area contributed by atoms with Crippen molar-refractivity contribution >= 4 is 32.0 Å². The monoisotopic (exact) mass is 558 g/mol. The van der Waals surface area contributed by atoms with Gasteiger partial charge < -0.3 is 9.72 Å². The van der Waals surface area contributed by atoms with Gasteiger partial charge in [-0.1, -0.05) is 0 Å². The van der Waals surface area contributed by atoms with E-state index in [0.29, 0.717) is 31.0 Å². The summed E-state index contributed by atoms with van der Waals surface area (Å²) in [5.41, 5.74) is 3.36. The minimum Gasteiger partial charge on any atom is -0.493 e. The van der Waals surface area contributed by atoms with E-state index in [-0.39, 0.29) is 23.5 Å². The second-order valence-electron chi connectivity index (χ2n) is 11.2. The van der Waals surface area contributed by atoms with Gasteiger partial charge in [0.05, 0.1) is 41.4 Å². The van der Waals surface area contributed by atoms with Crippen molar-refractivity contribution in [1.29, 1.82) is 5.26 Å². The lowest BCUT2D eigenvalue weighted by molar-refractivity contribution is 0.179. The molecule has 1 saturated heterocycles. The Morgan fingerprint density at radius 1 is 1.07 bits per heavy atom. The molecule has 10 heteroatoms. The van der Waals surface area contributed by atoms with Crippen LogP contribution in [0.1, 0.15) is 61.5 Å². The van der Waals surface area contributed by atoms with Crippen LogP contribution in [0.2, 0.25) is 0 Å². The number of ether oxygens (including phenoxy) is 1. The Morgan fingerprint density at radius 3 is 2.65 bits per heavy atom. The van der Waals surface area contributed by atoms with Gasteiger partial charge in [-0.05, 0) is 81.7 Å². The predicted octanol–water partition coefficient (Wildman–Crippen LogP) is 5.08. The molecule has 1 N–H and O–H groups in total. The van der Waals surface area contributed by atoms with Crippen molar-refractivity contribution in [3.8, 4) is 11.8 Å². The topological polar surface area (TPSA) is 125 Å². The molecule has 0 radical (unpaired) electrons. The van der Waals surface area contributed by atoms with Crippen LogP contribution in [0, 0.1) is 30.1 Å². The third-order valence-corrected chi connectivity index (χ3v) is 10.4. The van der Waals surface area contributed by atoms with Crippen molar-refractivity contribution in [3.63, 3.8) is 0 Å². The fourth-order valence-corrected chi connectivity index (χ4v) is 8.32. The Labute approximate surface area is 234 Å². The van der Waals surface area contributed by atoms with Gasteiger partial charge in [-0.2, -0.15) is 5.26 Å². The summed E-state index contributed by atoms with van der Waals surface area (Å²) >= 11 is 0. The Kier molecular flexibility index (Phi) is 7.43.